The number of oxazole rings is 1. The van der Waals surface area contributed by atoms with Gasteiger partial charge in [-0.1, -0.05) is 35.9 Å². The zero-order chi connectivity index (χ0) is 26.8. The smallest absolute Gasteiger partial charge is 0.229 e. The van der Waals surface area contributed by atoms with Gasteiger partial charge in [0, 0.05) is 17.1 Å². The number of aryl methyl sites for hydroxylation is 1. The quantitative estimate of drug-likeness (QED) is 0.288. The standard InChI is InChI=1S/C30H29ClN2O5/c1-18-25(32-30(38-18)20-8-7-9-21(14-20)35-2)17-28(34)33-13-12-19-15-26(36-3)27(37-4)16-23(19)29(33)22-10-5-6-11-24(22)31/h5-11,14-16,29H,12-13,17H2,1-4H3/t29-/m1/s1. The third kappa shape index (κ3) is 4.82. The lowest BCUT2D eigenvalue weighted by Crippen LogP contribution is -2.41. The number of fused-ring (bicyclic) bond motifs is 1. The SMILES string of the molecule is COc1cccc(-c2nc(CC(=O)N3CCc4cc(OC)c(OC)cc4[C@H]3c3ccccc3Cl)c(C)o2)c1. The highest BCUT2D eigenvalue weighted by molar-refractivity contribution is 6.31. The molecule has 196 valence electrons. The predicted octanol–water partition coefficient (Wildman–Crippen LogP) is 6.05. The van der Waals surface area contributed by atoms with Gasteiger partial charge in [-0.2, -0.15) is 0 Å². The summed E-state index contributed by atoms with van der Waals surface area (Å²) in [5, 5.41) is 0.593. The molecule has 1 aliphatic rings. The molecule has 1 aliphatic heterocycles. The highest BCUT2D eigenvalue weighted by Crippen LogP contribution is 2.43. The highest BCUT2D eigenvalue weighted by Gasteiger charge is 2.35. The molecule has 38 heavy (non-hydrogen) atoms. The molecule has 0 bridgehead atoms. The van der Waals surface area contributed by atoms with Crippen LogP contribution in [0.25, 0.3) is 11.5 Å². The molecule has 0 N–H and O–H groups in total. The summed E-state index contributed by atoms with van der Waals surface area (Å²) in [5.74, 6) is 2.96. The number of rotatable bonds is 7. The highest BCUT2D eigenvalue weighted by atomic mass is 35.5. The summed E-state index contributed by atoms with van der Waals surface area (Å²) in [5.41, 5.74) is 4.29. The number of amides is 1. The van der Waals surface area contributed by atoms with Crippen LogP contribution in [0.15, 0.2) is 65.1 Å². The molecule has 0 fully saturated rings. The van der Waals surface area contributed by atoms with Crippen LogP contribution in [0.4, 0.5) is 0 Å². The van der Waals surface area contributed by atoms with Crippen LogP contribution in [0.1, 0.15) is 34.2 Å². The van der Waals surface area contributed by atoms with E-state index < -0.39 is 0 Å². The first-order valence-corrected chi connectivity index (χ1v) is 12.7. The number of methoxy groups -OCH3 is 3. The molecule has 0 saturated carbocycles. The van der Waals surface area contributed by atoms with Gasteiger partial charge in [0.2, 0.25) is 11.8 Å². The van der Waals surface area contributed by atoms with Crippen molar-refractivity contribution in [3.63, 3.8) is 0 Å². The minimum Gasteiger partial charge on any atom is -0.497 e. The molecule has 0 unspecified atom stereocenters. The van der Waals surface area contributed by atoms with Crippen LogP contribution in [0.3, 0.4) is 0 Å². The summed E-state index contributed by atoms with van der Waals surface area (Å²) >= 11 is 6.68. The van der Waals surface area contributed by atoms with Crippen LogP contribution in [0.5, 0.6) is 17.2 Å². The Kier molecular flexibility index (Phi) is 7.29. The topological polar surface area (TPSA) is 74.0 Å². The van der Waals surface area contributed by atoms with Gasteiger partial charge in [0.25, 0.3) is 0 Å². The number of nitrogens with zero attached hydrogens (tertiary/aromatic N) is 2. The summed E-state index contributed by atoms with van der Waals surface area (Å²) in [4.78, 5) is 20.4. The van der Waals surface area contributed by atoms with E-state index in [1.165, 1.54) is 0 Å². The third-order valence-electron chi connectivity index (χ3n) is 6.92. The lowest BCUT2D eigenvalue weighted by Gasteiger charge is -2.38. The maximum Gasteiger partial charge on any atom is 0.229 e. The molecule has 7 nitrogen and oxygen atoms in total. The molecular weight excluding hydrogens is 504 g/mol. The molecule has 1 amide bonds. The number of ether oxygens (including phenoxy) is 3. The number of hydrogen-bond donors (Lipinski definition) is 0. The Labute approximate surface area is 226 Å². The fraction of sp³-hybridized carbons (Fsp3) is 0.267. The van der Waals surface area contributed by atoms with Gasteiger partial charge in [-0.3, -0.25) is 4.79 Å². The minimum absolute atomic E-state index is 0.0658. The Morgan fingerprint density at radius 3 is 2.50 bits per heavy atom. The van der Waals surface area contributed by atoms with E-state index in [1.54, 1.807) is 21.3 Å². The van der Waals surface area contributed by atoms with E-state index in [9.17, 15) is 4.79 Å². The zero-order valence-corrected chi connectivity index (χ0v) is 22.5. The van der Waals surface area contributed by atoms with E-state index in [-0.39, 0.29) is 18.4 Å². The molecular formula is C30H29ClN2O5. The van der Waals surface area contributed by atoms with Crippen molar-refractivity contribution >= 4 is 17.5 Å². The van der Waals surface area contributed by atoms with Crippen molar-refractivity contribution in [1.29, 1.82) is 0 Å². The van der Waals surface area contributed by atoms with Gasteiger partial charge in [-0.05, 0) is 66.4 Å². The monoisotopic (exact) mass is 532 g/mol. The molecule has 3 aromatic carbocycles. The van der Waals surface area contributed by atoms with Gasteiger partial charge >= 0.3 is 0 Å². The molecule has 0 aliphatic carbocycles. The zero-order valence-electron chi connectivity index (χ0n) is 21.8. The summed E-state index contributed by atoms with van der Waals surface area (Å²) in [6.45, 7) is 2.35. The first kappa shape index (κ1) is 25.7. The van der Waals surface area contributed by atoms with Crippen molar-refractivity contribution in [2.24, 2.45) is 0 Å². The van der Waals surface area contributed by atoms with Gasteiger partial charge in [0.1, 0.15) is 11.5 Å². The number of benzene rings is 3. The number of aromatic nitrogens is 1. The first-order valence-electron chi connectivity index (χ1n) is 12.3. The van der Waals surface area contributed by atoms with Crippen molar-refractivity contribution in [3.05, 3.63) is 93.8 Å². The molecule has 1 atom stereocenters. The van der Waals surface area contributed by atoms with Crippen LogP contribution in [0, 0.1) is 6.92 Å². The number of hydrogen-bond acceptors (Lipinski definition) is 6. The average molecular weight is 533 g/mol. The van der Waals surface area contributed by atoms with E-state index in [0.717, 1.165) is 22.3 Å². The van der Waals surface area contributed by atoms with Crippen molar-refractivity contribution in [2.75, 3.05) is 27.9 Å². The lowest BCUT2D eigenvalue weighted by atomic mass is 9.87. The lowest BCUT2D eigenvalue weighted by molar-refractivity contribution is -0.132. The summed E-state index contributed by atoms with van der Waals surface area (Å²) in [6.07, 6.45) is 0.776. The molecule has 0 radical (unpaired) electrons. The summed E-state index contributed by atoms with van der Waals surface area (Å²) < 4.78 is 22.4. The van der Waals surface area contributed by atoms with E-state index in [2.05, 4.69) is 4.98 Å². The molecule has 8 heteroatoms. The van der Waals surface area contributed by atoms with Crippen molar-refractivity contribution in [3.8, 4) is 28.7 Å². The second-order valence-corrected chi connectivity index (χ2v) is 9.51. The Balaban J connectivity index is 1.51. The van der Waals surface area contributed by atoms with Crippen LogP contribution in [-0.2, 0) is 17.6 Å². The molecule has 5 rings (SSSR count). The molecule has 2 heterocycles. The Bertz CT molecular complexity index is 1480. The van der Waals surface area contributed by atoms with Gasteiger partial charge in [0.05, 0.1) is 39.5 Å². The van der Waals surface area contributed by atoms with Crippen LogP contribution < -0.4 is 14.2 Å². The number of carbonyl (C=O) groups excluding carboxylic acids is 1. The number of halogens is 1. The maximum atomic E-state index is 13.9. The van der Waals surface area contributed by atoms with Crippen LogP contribution in [0.2, 0.25) is 5.02 Å². The van der Waals surface area contributed by atoms with Crippen LogP contribution in [-0.4, -0.2) is 43.7 Å². The van der Waals surface area contributed by atoms with E-state index in [4.69, 9.17) is 30.2 Å². The Hall–Kier alpha value is -3.97. The molecule has 0 saturated heterocycles. The average Bonchev–Trinajstić information content (AvgIpc) is 3.31. The Morgan fingerprint density at radius 1 is 1.00 bits per heavy atom. The van der Waals surface area contributed by atoms with Gasteiger partial charge in [-0.25, -0.2) is 4.98 Å². The van der Waals surface area contributed by atoms with Gasteiger partial charge in [-0.15, -0.1) is 0 Å². The Morgan fingerprint density at radius 2 is 1.76 bits per heavy atom. The summed E-state index contributed by atoms with van der Waals surface area (Å²) in [7, 11) is 4.84. The normalized spacial score (nSPS) is 14.7. The van der Waals surface area contributed by atoms with Crippen LogP contribution >= 0.6 is 11.6 Å². The van der Waals surface area contributed by atoms with E-state index >= 15 is 0 Å². The molecule has 1 aromatic heterocycles. The largest absolute Gasteiger partial charge is 0.497 e. The summed E-state index contributed by atoms with van der Waals surface area (Å²) in [6, 6.07) is 18.7. The third-order valence-corrected chi connectivity index (χ3v) is 7.27. The minimum atomic E-state index is -0.384. The fourth-order valence-electron chi connectivity index (χ4n) is 4.96. The van der Waals surface area contributed by atoms with Crippen molar-refractivity contribution in [2.45, 2.75) is 25.8 Å². The maximum absolute atomic E-state index is 13.9. The van der Waals surface area contributed by atoms with Gasteiger partial charge in [0.15, 0.2) is 11.5 Å². The second-order valence-electron chi connectivity index (χ2n) is 9.10. The van der Waals surface area contributed by atoms with Crippen molar-refractivity contribution < 1.29 is 23.4 Å². The fourth-order valence-corrected chi connectivity index (χ4v) is 5.20. The first-order chi connectivity index (χ1) is 18.4. The molecule has 4 aromatic rings. The molecule has 0 spiro atoms. The van der Waals surface area contributed by atoms with Crippen molar-refractivity contribution in [1.82, 2.24) is 9.88 Å². The van der Waals surface area contributed by atoms with E-state index in [1.807, 2.05) is 72.5 Å². The van der Waals surface area contributed by atoms with E-state index in [0.29, 0.717) is 52.6 Å². The second kappa shape index (κ2) is 10.8. The predicted molar refractivity (Wildman–Crippen MR) is 145 cm³/mol. The van der Waals surface area contributed by atoms with Gasteiger partial charge < -0.3 is 23.5 Å². The number of carbonyl (C=O) groups is 1.